The number of hydrogen-bond acceptors (Lipinski definition) is 6. The number of rotatable bonds is 13. The Bertz CT molecular complexity index is 1930. The quantitative estimate of drug-likeness (QED) is 0.114. The van der Waals surface area contributed by atoms with Gasteiger partial charge in [0.2, 0.25) is 11.8 Å². The fraction of sp³-hybridized carbons (Fsp3) is 0.273. The van der Waals surface area contributed by atoms with Crippen molar-refractivity contribution in [1.82, 2.24) is 14.8 Å². The lowest BCUT2D eigenvalue weighted by molar-refractivity contribution is -0.127. The summed E-state index contributed by atoms with van der Waals surface area (Å²) in [6.45, 7) is 13.1. The minimum Gasteiger partial charge on any atom is -0.493 e. The predicted octanol–water partition coefficient (Wildman–Crippen LogP) is 9.06. The number of carbonyl (C=O) groups is 1. The zero-order valence-electron chi connectivity index (χ0n) is 30.3. The van der Waals surface area contributed by atoms with Gasteiger partial charge in [-0.05, 0) is 103 Å². The van der Waals surface area contributed by atoms with Crippen molar-refractivity contribution in [3.05, 3.63) is 154 Å². The Morgan fingerprint density at radius 1 is 0.808 bits per heavy atom. The van der Waals surface area contributed by atoms with E-state index < -0.39 is 0 Å². The van der Waals surface area contributed by atoms with Crippen molar-refractivity contribution < 1.29 is 23.4 Å². The second-order valence-corrected chi connectivity index (χ2v) is 13.5. The lowest BCUT2D eigenvalue weighted by atomic mass is 10.0. The largest absolute Gasteiger partial charge is 0.493 e. The van der Waals surface area contributed by atoms with Gasteiger partial charge in [0.1, 0.15) is 29.7 Å². The lowest BCUT2D eigenvalue weighted by Crippen LogP contribution is -2.47. The van der Waals surface area contributed by atoms with Crippen molar-refractivity contribution in [2.45, 2.75) is 46.8 Å². The molecule has 4 aromatic carbocycles. The Labute approximate surface area is 306 Å². The van der Waals surface area contributed by atoms with Gasteiger partial charge in [0.05, 0.1) is 12.8 Å². The molecule has 0 spiro atoms. The molecule has 1 saturated heterocycles. The van der Waals surface area contributed by atoms with Gasteiger partial charge in [0.25, 0.3) is 0 Å². The third kappa shape index (κ3) is 10.1. The van der Waals surface area contributed by atoms with E-state index in [1.165, 1.54) is 28.8 Å². The average Bonchev–Trinajstić information content (AvgIpc) is 3.16. The Kier molecular flexibility index (Phi) is 12.0. The van der Waals surface area contributed by atoms with Crippen LogP contribution in [0.2, 0.25) is 0 Å². The third-order valence-corrected chi connectivity index (χ3v) is 9.30. The standard InChI is InChI=1S/C44H46FN3O4/c1-31-5-16-40(17-6-31)50-29-34(4)38-12-7-35(8-13-38)28-47-21-23-48(24-22-47)43(49)20-11-37-25-32(2)44(33(3)26-37)52-42-19-18-41(27-46-42)51-30-36-9-14-39(45)15-10-36/h5-20,25-27,34H,21-24,28-30H2,1-4H3. The predicted molar refractivity (Wildman–Crippen MR) is 203 cm³/mol. The maximum absolute atomic E-state index is 13.1. The first-order valence-electron chi connectivity index (χ1n) is 17.8. The molecule has 0 radical (unpaired) electrons. The molecule has 0 saturated carbocycles. The van der Waals surface area contributed by atoms with Gasteiger partial charge in [-0.15, -0.1) is 0 Å². The van der Waals surface area contributed by atoms with Gasteiger partial charge in [0.15, 0.2) is 0 Å². The van der Waals surface area contributed by atoms with Gasteiger partial charge >= 0.3 is 0 Å². The second kappa shape index (κ2) is 17.2. The highest BCUT2D eigenvalue weighted by Gasteiger charge is 2.20. The van der Waals surface area contributed by atoms with Gasteiger partial charge in [0, 0.05) is 50.8 Å². The summed E-state index contributed by atoms with van der Waals surface area (Å²) in [5.74, 6) is 2.70. The molecule has 7 nitrogen and oxygen atoms in total. The van der Waals surface area contributed by atoms with Crippen LogP contribution in [0.1, 0.15) is 51.8 Å². The molecule has 1 fully saturated rings. The van der Waals surface area contributed by atoms with Gasteiger partial charge in [-0.3, -0.25) is 9.69 Å². The molecule has 2 heterocycles. The second-order valence-electron chi connectivity index (χ2n) is 13.5. The molecule has 1 unspecified atom stereocenters. The summed E-state index contributed by atoms with van der Waals surface area (Å²) >= 11 is 0. The Morgan fingerprint density at radius 3 is 2.12 bits per heavy atom. The van der Waals surface area contributed by atoms with E-state index in [2.05, 4.69) is 60.1 Å². The van der Waals surface area contributed by atoms with Crippen LogP contribution in [0.3, 0.4) is 0 Å². The molecule has 1 aliphatic heterocycles. The summed E-state index contributed by atoms with van der Waals surface area (Å²) in [7, 11) is 0. The summed E-state index contributed by atoms with van der Waals surface area (Å²) in [5.41, 5.74) is 7.45. The highest BCUT2D eigenvalue weighted by molar-refractivity contribution is 5.92. The number of aryl methyl sites for hydroxylation is 3. The van der Waals surface area contributed by atoms with Crippen LogP contribution in [-0.2, 0) is 17.9 Å². The molecule has 0 aliphatic carbocycles. The molecule has 52 heavy (non-hydrogen) atoms. The molecule has 1 aromatic heterocycles. The number of nitrogens with zero attached hydrogens (tertiary/aromatic N) is 3. The molecular formula is C44H46FN3O4. The molecule has 1 amide bonds. The molecule has 5 aromatic rings. The molecule has 268 valence electrons. The van der Waals surface area contributed by atoms with E-state index in [1.807, 2.05) is 49.1 Å². The Balaban J connectivity index is 0.940. The number of benzene rings is 4. The van der Waals surface area contributed by atoms with E-state index in [-0.39, 0.29) is 11.7 Å². The average molecular weight is 700 g/mol. The van der Waals surface area contributed by atoms with Gasteiger partial charge in [-0.25, -0.2) is 9.37 Å². The van der Waals surface area contributed by atoms with Gasteiger partial charge in [-0.2, -0.15) is 0 Å². The van der Waals surface area contributed by atoms with Crippen LogP contribution in [0.4, 0.5) is 4.39 Å². The first-order chi connectivity index (χ1) is 25.2. The number of piperazine rings is 1. The maximum atomic E-state index is 13.1. The topological polar surface area (TPSA) is 64.1 Å². The number of halogens is 1. The van der Waals surface area contributed by atoms with E-state index in [1.54, 1.807) is 36.5 Å². The molecule has 0 N–H and O–H groups in total. The van der Waals surface area contributed by atoms with Crippen molar-refractivity contribution in [1.29, 1.82) is 0 Å². The highest BCUT2D eigenvalue weighted by atomic mass is 19.1. The van der Waals surface area contributed by atoms with Crippen molar-refractivity contribution in [3.63, 3.8) is 0 Å². The summed E-state index contributed by atoms with van der Waals surface area (Å²) in [6.07, 6.45) is 5.15. The number of hydrogen-bond donors (Lipinski definition) is 0. The van der Waals surface area contributed by atoms with Crippen molar-refractivity contribution >= 4 is 12.0 Å². The van der Waals surface area contributed by atoms with Crippen LogP contribution in [0, 0.1) is 26.6 Å². The highest BCUT2D eigenvalue weighted by Crippen LogP contribution is 2.30. The normalized spacial score (nSPS) is 14.0. The monoisotopic (exact) mass is 699 g/mol. The molecular weight excluding hydrogens is 653 g/mol. The van der Waals surface area contributed by atoms with Crippen LogP contribution >= 0.6 is 0 Å². The molecule has 1 aliphatic rings. The first kappa shape index (κ1) is 36.3. The zero-order chi connectivity index (χ0) is 36.5. The van der Waals surface area contributed by atoms with Crippen LogP contribution in [0.5, 0.6) is 23.1 Å². The van der Waals surface area contributed by atoms with Crippen molar-refractivity contribution in [2.24, 2.45) is 0 Å². The van der Waals surface area contributed by atoms with E-state index in [4.69, 9.17) is 14.2 Å². The molecule has 1 atom stereocenters. The summed E-state index contributed by atoms with van der Waals surface area (Å²) in [6, 6.07) is 30.8. The van der Waals surface area contributed by atoms with E-state index in [0.29, 0.717) is 43.9 Å². The molecule has 8 heteroatoms. The number of amides is 1. The Hall–Kier alpha value is -5.47. The SMILES string of the molecule is Cc1ccc(OCC(C)c2ccc(CN3CCN(C(=O)C=Cc4cc(C)c(Oc5ccc(OCc6ccc(F)cc6)cn5)c(C)c4)CC3)cc2)cc1. The number of aromatic nitrogens is 1. The van der Waals surface area contributed by atoms with E-state index in [0.717, 1.165) is 53.4 Å². The fourth-order valence-electron chi connectivity index (χ4n) is 6.17. The zero-order valence-corrected chi connectivity index (χ0v) is 30.3. The van der Waals surface area contributed by atoms with Gasteiger partial charge in [-0.1, -0.05) is 61.0 Å². The third-order valence-electron chi connectivity index (χ3n) is 9.30. The maximum Gasteiger partial charge on any atom is 0.246 e. The molecule has 0 bridgehead atoms. The number of carbonyl (C=O) groups excluding carboxylic acids is 1. The smallest absolute Gasteiger partial charge is 0.246 e. The number of ether oxygens (including phenoxy) is 3. The van der Waals surface area contributed by atoms with Gasteiger partial charge < -0.3 is 19.1 Å². The van der Waals surface area contributed by atoms with Crippen molar-refractivity contribution in [2.75, 3.05) is 32.8 Å². The fourth-order valence-corrected chi connectivity index (χ4v) is 6.17. The van der Waals surface area contributed by atoms with Crippen LogP contribution < -0.4 is 14.2 Å². The molecule has 6 rings (SSSR count). The van der Waals surface area contributed by atoms with Crippen LogP contribution in [0.15, 0.2) is 109 Å². The number of pyridine rings is 1. The minimum atomic E-state index is -0.277. The van der Waals surface area contributed by atoms with Crippen LogP contribution in [0.25, 0.3) is 6.08 Å². The lowest BCUT2D eigenvalue weighted by Gasteiger charge is -2.34. The summed E-state index contributed by atoms with van der Waals surface area (Å²) in [4.78, 5) is 21.8. The summed E-state index contributed by atoms with van der Waals surface area (Å²) < 4.78 is 31.0. The van der Waals surface area contributed by atoms with E-state index >= 15 is 0 Å². The minimum absolute atomic E-state index is 0.0208. The Morgan fingerprint density at radius 2 is 1.46 bits per heavy atom. The van der Waals surface area contributed by atoms with Crippen LogP contribution in [-0.4, -0.2) is 53.5 Å². The first-order valence-corrected chi connectivity index (χ1v) is 17.8. The van der Waals surface area contributed by atoms with Crippen molar-refractivity contribution in [3.8, 4) is 23.1 Å². The summed E-state index contributed by atoms with van der Waals surface area (Å²) in [5, 5.41) is 0. The van der Waals surface area contributed by atoms with E-state index in [9.17, 15) is 9.18 Å².